The molecule has 2 rings (SSSR count). The van der Waals surface area contributed by atoms with Crippen molar-refractivity contribution in [2.24, 2.45) is 0 Å². The molecule has 0 aliphatic carbocycles. The van der Waals surface area contributed by atoms with E-state index in [4.69, 9.17) is 16.7 Å². The van der Waals surface area contributed by atoms with Crippen molar-refractivity contribution in [2.45, 2.75) is 33.2 Å². The molecule has 1 aromatic carbocycles. The normalized spacial score (nSPS) is 11.6. The second kappa shape index (κ2) is 6.14. The third-order valence-corrected chi connectivity index (χ3v) is 3.73. The summed E-state index contributed by atoms with van der Waals surface area (Å²) >= 11 is 6.44. The van der Waals surface area contributed by atoms with Crippen molar-refractivity contribution in [2.75, 3.05) is 0 Å². The van der Waals surface area contributed by atoms with Crippen molar-refractivity contribution in [1.29, 1.82) is 0 Å². The second-order valence-corrected chi connectivity index (χ2v) is 5.26. The van der Waals surface area contributed by atoms with Gasteiger partial charge >= 0.3 is 5.97 Å². The zero-order valence-corrected chi connectivity index (χ0v) is 12.4. The molecular weight excluding hydrogens is 274 g/mol. The van der Waals surface area contributed by atoms with Gasteiger partial charge in [-0.25, -0.2) is 4.79 Å². The molecule has 3 nitrogen and oxygen atoms in total. The second-order valence-electron chi connectivity index (χ2n) is 4.90. The zero-order valence-electron chi connectivity index (χ0n) is 11.7. The lowest BCUT2D eigenvalue weighted by atomic mass is 10.1. The van der Waals surface area contributed by atoms with Crippen LogP contribution in [0, 0.1) is 6.92 Å². The van der Waals surface area contributed by atoms with Crippen molar-refractivity contribution < 1.29 is 9.90 Å². The van der Waals surface area contributed by atoms with Gasteiger partial charge in [0.2, 0.25) is 0 Å². The Hall–Kier alpha value is -1.74. The summed E-state index contributed by atoms with van der Waals surface area (Å²) in [6.45, 7) is 5.02. The van der Waals surface area contributed by atoms with E-state index in [-0.39, 0.29) is 0 Å². The molecule has 2 aromatic rings. The van der Waals surface area contributed by atoms with Gasteiger partial charge in [0, 0.05) is 23.6 Å². The Kier molecular flexibility index (Phi) is 4.50. The number of halogens is 1. The van der Waals surface area contributed by atoms with Crippen molar-refractivity contribution in [3.05, 3.63) is 40.6 Å². The maximum absolute atomic E-state index is 10.7. The summed E-state index contributed by atoms with van der Waals surface area (Å²) < 4.78 is 2.06. The largest absolute Gasteiger partial charge is 0.478 e. The van der Waals surface area contributed by atoms with Gasteiger partial charge in [0.05, 0.1) is 5.52 Å². The maximum Gasteiger partial charge on any atom is 0.328 e. The standard InChI is InChI=1S/C16H18ClNO2/c1-3-4-9-18-14-10-11(2)5-6-12(14)13(16(18)17)7-8-15(19)20/h5-8,10H,3-4,9H2,1-2H3,(H,19,20)/b8-7+. The number of aromatic nitrogens is 1. The van der Waals surface area contributed by atoms with Gasteiger partial charge < -0.3 is 9.67 Å². The van der Waals surface area contributed by atoms with Gasteiger partial charge in [-0.3, -0.25) is 0 Å². The number of rotatable bonds is 5. The van der Waals surface area contributed by atoms with E-state index in [0.717, 1.165) is 47.5 Å². The molecule has 0 bridgehead atoms. The molecular formula is C16H18ClNO2. The van der Waals surface area contributed by atoms with Crippen LogP contribution in [0.1, 0.15) is 30.9 Å². The van der Waals surface area contributed by atoms with Crippen molar-refractivity contribution in [1.82, 2.24) is 4.57 Å². The number of nitrogens with zero attached hydrogens (tertiary/aromatic N) is 1. The van der Waals surface area contributed by atoms with E-state index in [1.165, 1.54) is 0 Å². The summed E-state index contributed by atoms with van der Waals surface area (Å²) in [5.41, 5.74) is 3.01. The fourth-order valence-electron chi connectivity index (χ4n) is 2.30. The number of carbonyl (C=O) groups is 1. The van der Waals surface area contributed by atoms with Gasteiger partial charge in [0.25, 0.3) is 0 Å². The molecule has 0 unspecified atom stereocenters. The smallest absolute Gasteiger partial charge is 0.328 e. The van der Waals surface area contributed by atoms with Crippen LogP contribution in [0.4, 0.5) is 0 Å². The first-order valence-corrected chi connectivity index (χ1v) is 7.11. The first-order valence-electron chi connectivity index (χ1n) is 6.74. The Labute approximate surface area is 123 Å². The van der Waals surface area contributed by atoms with Crippen molar-refractivity contribution in [3.8, 4) is 0 Å². The van der Waals surface area contributed by atoms with E-state index in [2.05, 4.69) is 17.6 Å². The lowest BCUT2D eigenvalue weighted by Gasteiger charge is -2.06. The number of carboxylic acids is 1. The van der Waals surface area contributed by atoms with Gasteiger partial charge in [-0.1, -0.05) is 37.1 Å². The molecule has 0 saturated heterocycles. The van der Waals surface area contributed by atoms with E-state index in [9.17, 15) is 4.79 Å². The Bertz CT molecular complexity index is 671. The van der Waals surface area contributed by atoms with Gasteiger partial charge in [0.1, 0.15) is 5.15 Å². The number of hydrogen-bond acceptors (Lipinski definition) is 1. The number of carboxylic acid groups (broad SMARTS) is 1. The van der Waals surface area contributed by atoms with Crippen LogP contribution in [0.25, 0.3) is 17.0 Å². The molecule has 0 spiro atoms. The average Bonchev–Trinajstić information content (AvgIpc) is 2.65. The Morgan fingerprint density at radius 3 is 2.85 bits per heavy atom. The maximum atomic E-state index is 10.7. The predicted octanol–water partition coefficient (Wildman–Crippen LogP) is 4.50. The Morgan fingerprint density at radius 2 is 2.20 bits per heavy atom. The Morgan fingerprint density at radius 1 is 1.45 bits per heavy atom. The van der Waals surface area contributed by atoms with Crippen LogP contribution in [0.5, 0.6) is 0 Å². The number of aliphatic carboxylic acids is 1. The fraction of sp³-hybridized carbons (Fsp3) is 0.312. The molecule has 106 valence electrons. The lowest BCUT2D eigenvalue weighted by molar-refractivity contribution is -0.131. The van der Waals surface area contributed by atoms with Gasteiger partial charge in [-0.15, -0.1) is 0 Å². The molecule has 0 atom stereocenters. The summed E-state index contributed by atoms with van der Waals surface area (Å²) in [6.07, 6.45) is 4.83. The molecule has 1 N–H and O–H groups in total. The first-order chi connectivity index (χ1) is 9.54. The van der Waals surface area contributed by atoms with E-state index < -0.39 is 5.97 Å². The SMILES string of the molecule is CCCCn1c(Cl)c(/C=C/C(=O)O)c2ccc(C)cc21. The summed E-state index contributed by atoms with van der Waals surface area (Å²) in [5, 5.41) is 10.4. The summed E-state index contributed by atoms with van der Waals surface area (Å²) in [7, 11) is 0. The highest BCUT2D eigenvalue weighted by atomic mass is 35.5. The van der Waals surface area contributed by atoms with E-state index in [1.54, 1.807) is 6.08 Å². The van der Waals surface area contributed by atoms with Crippen LogP contribution in [0.15, 0.2) is 24.3 Å². The number of aryl methyl sites for hydroxylation is 2. The van der Waals surface area contributed by atoms with Crippen molar-refractivity contribution >= 4 is 34.5 Å². The quantitative estimate of drug-likeness (QED) is 0.824. The van der Waals surface area contributed by atoms with Crippen LogP contribution >= 0.6 is 11.6 Å². The minimum atomic E-state index is -0.970. The average molecular weight is 292 g/mol. The molecule has 0 radical (unpaired) electrons. The number of unbranched alkanes of at least 4 members (excludes halogenated alkanes) is 1. The number of benzene rings is 1. The third kappa shape index (κ3) is 2.88. The van der Waals surface area contributed by atoms with Gasteiger partial charge in [0.15, 0.2) is 0 Å². The Balaban J connectivity index is 2.62. The molecule has 1 heterocycles. The minimum absolute atomic E-state index is 0.608. The van der Waals surface area contributed by atoms with Gasteiger partial charge in [-0.2, -0.15) is 0 Å². The molecule has 0 fully saturated rings. The zero-order chi connectivity index (χ0) is 14.7. The minimum Gasteiger partial charge on any atom is -0.478 e. The first kappa shape index (κ1) is 14.7. The molecule has 20 heavy (non-hydrogen) atoms. The third-order valence-electron chi connectivity index (χ3n) is 3.32. The van der Waals surface area contributed by atoms with Crippen LogP contribution in [-0.4, -0.2) is 15.6 Å². The predicted molar refractivity (Wildman–Crippen MR) is 83.3 cm³/mol. The highest BCUT2D eigenvalue weighted by Crippen LogP contribution is 2.32. The summed E-state index contributed by atoms with van der Waals surface area (Å²) in [6, 6.07) is 6.11. The monoisotopic (exact) mass is 291 g/mol. The molecule has 0 saturated carbocycles. The van der Waals surface area contributed by atoms with Crippen LogP contribution in [0.3, 0.4) is 0 Å². The number of fused-ring (bicyclic) bond motifs is 1. The van der Waals surface area contributed by atoms with Crippen LogP contribution in [-0.2, 0) is 11.3 Å². The summed E-state index contributed by atoms with van der Waals surface area (Å²) in [5.74, 6) is -0.970. The van der Waals surface area contributed by atoms with E-state index >= 15 is 0 Å². The van der Waals surface area contributed by atoms with E-state index in [1.807, 2.05) is 19.1 Å². The lowest BCUT2D eigenvalue weighted by Crippen LogP contribution is -1.97. The molecule has 0 aliphatic heterocycles. The van der Waals surface area contributed by atoms with Crippen LogP contribution in [0.2, 0.25) is 5.15 Å². The van der Waals surface area contributed by atoms with Crippen LogP contribution < -0.4 is 0 Å². The highest BCUT2D eigenvalue weighted by Gasteiger charge is 2.13. The molecule has 4 heteroatoms. The number of hydrogen-bond donors (Lipinski definition) is 1. The van der Waals surface area contributed by atoms with Gasteiger partial charge in [-0.05, 0) is 31.1 Å². The molecule has 0 aliphatic rings. The molecule has 0 amide bonds. The van der Waals surface area contributed by atoms with E-state index in [0.29, 0.717) is 5.15 Å². The van der Waals surface area contributed by atoms with Crippen molar-refractivity contribution in [3.63, 3.8) is 0 Å². The fourth-order valence-corrected chi connectivity index (χ4v) is 2.64. The highest BCUT2D eigenvalue weighted by molar-refractivity contribution is 6.33. The topological polar surface area (TPSA) is 42.2 Å². The summed E-state index contributed by atoms with van der Waals surface area (Å²) in [4.78, 5) is 10.7. The molecule has 1 aromatic heterocycles.